The van der Waals surface area contributed by atoms with Gasteiger partial charge in [0, 0.05) is 89.0 Å². The first-order chi connectivity index (χ1) is 19.3. The fraction of sp³-hybridized carbons (Fsp3) is 0.345. The number of hydrogen-bond acceptors (Lipinski definition) is 6. The minimum atomic E-state index is -3.03. The predicted molar refractivity (Wildman–Crippen MR) is 164 cm³/mol. The molecule has 5 rings (SSSR count). The minimum absolute atomic E-state index is 0.0179. The molecule has 3 heterocycles. The van der Waals surface area contributed by atoms with Gasteiger partial charge >= 0.3 is 3.93 Å². The number of hydrogen-bond donors (Lipinski definition) is 3. The van der Waals surface area contributed by atoms with Crippen LogP contribution in [-0.4, -0.2) is 46.6 Å². The van der Waals surface area contributed by atoms with Crippen molar-refractivity contribution in [1.29, 1.82) is 0 Å². The van der Waals surface area contributed by atoms with Crippen LogP contribution in [0.25, 0.3) is 11.0 Å². The Hall–Kier alpha value is -3.32. The SMILES string of the molecule is CCC(CC)n1c(C(=O)Nc2cccc(C(F)(F)I)c2)cc2cnc(Nc3ccc(N4CCNCC4)cc3)nc21. The van der Waals surface area contributed by atoms with Gasteiger partial charge in [-0.05, 0) is 55.3 Å². The second kappa shape index (κ2) is 12.0. The van der Waals surface area contributed by atoms with E-state index < -0.39 is 9.84 Å². The highest BCUT2D eigenvalue weighted by atomic mass is 127. The van der Waals surface area contributed by atoms with E-state index in [1.54, 1.807) is 18.3 Å². The van der Waals surface area contributed by atoms with Crippen molar-refractivity contribution in [2.45, 2.75) is 36.7 Å². The van der Waals surface area contributed by atoms with E-state index in [-0.39, 0.29) is 11.6 Å². The van der Waals surface area contributed by atoms with Crippen LogP contribution in [0.5, 0.6) is 0 Å². The Morgan fingerprint density at radius 2 is 1.80 bits per heavy atom. The van der Waals surface area contributed by atoms with Crippen LogP contribution in [0.4, 0.5) is 31.8 Å². The lowest BCUT2D eigenvalue weighted by molar-refractivity contribution is 0.101. The van der Waals surface area contributed by atoms with Crippen molar-refractivity contribution >= 4 is 62.5 Å². The number of anilines is 4. The second-order valence-corrected chi connectivity index (χ2v) is 11.1. The van der Waals surface area contributed by atoms with E-state index in [9.17, 15) is 13.6 Å². The second-order valence-electron chi connectivity index (χ2n) is 9.78. The van der Waals surface area contributed by atoms with Gasteiger partial charge in [0.05, 0.1) is 0 Å². The van der Waals surface area contributed by atoms with E-state index in [1.807, 2.05) is 16.7 Å². The molecule has 11 heteroatoms. The van der Waals surface area contributed by atoms with Gasteiger partial charge in [0.25, 0.3) is 5.91 Å². The molecule has 8 nitrogen and oxygen atoms in total. The Morgan fingerprint density at radius 1 is 1.07 bits per heavy atom. The number of piperazine rings is 1. The standard InChI is InChI=1S/C29H32F2IN7O/c1-3-23(4-2)39-25(27(40)35-22-7-5-6-20(17-22)29(30,31)32)16-19-18-34-28(37-26(19)39)36-21-8-10-24(11-9-21)38-14-12-33-13-15-38/h5-11,16-18,23,33H,3-4,12-15H2,1-2H3,(H,35,40)(H,34,36,37). The topological polar surface area (TPSA) is 87.1 Å². The number of aromatic nitrogens is 3. The fourth-order valence-electron chi connectivity index (χ4n) is 5.04. The van der Waals surface area contributed by atoms with E-state index in [0.717, 1.165) is 72.7 Å². The number of nitrogens with one attached hydrogen (secondary N) is 3. The molecule has 1 amide bonds. The van der Waals surface area contributed by atoms with Gasteiger partial charge in [-0.1, -0.05) is 26.0 Å². The zero-order chi connectivity index (χ0) is 28.3. The lowest BCUT2D eigenvalue weighted by atomic mass is 10.1. The van der Waals surface area contributed by atoms with Crippen molar-refractivity contribution in [3.05, 3.63) is 72.1 Å². The first-order valence-corrected chi connectivity index (χ1v) is 14.5. The number of alkyl halides is 3. The average molecular weight is 660 g/mol. The fourth-order valence-corrected chi connectivity index (χ4v) is 5.38. The molecule has 40 heavy (non-hydrogen) atoms. The van der Waals surface area contributed by atoms with Gasteiger partial charge in [-0.3, -0.25) is 4.79 Å². The molecular formula is C29H32F2IN7O. The van der Waals surface area contributed by atoms with Gasteiger partial charge in [0.2, 0.25) is 5.95 Å². The highest BCUT2D eigenvalue weighted by Gasteiger charge is 2.27. The predicted octanol–water partition coefficient (Wildman–Crippen LogP) is 6.68. The summed E-state index contributed by atoms with van der Waals surface area (Å²) in [5, 5.41) is 10.2. The molecule has 1 fully saturated rings. The number of benzene rings is 2. The monoisotopic (exact) mass is 659 g/mol. The van der Waals surface area contributed by atoms with Crippen molar-refractivity contribution < 1.29 is 13.6 Å². The van der Waals surface area contributed by atoms with Crippen LogP contribution in [0.2, 0.25) is 0 Å². The van der Waals surface area contributed by atoms with Gasteiger partial charge in [0.15, 0.2) is 0 Å². The highest BCUT2D eigenvalue weighted by Crippen LogP contribution is 2.36. The quantitative estimate of drug-likeness (QED) is 0.137. The van der Waals surface area contributed by atoms with Gasteiger partial charge in [-0.25, -0.2) is 4.98 Å². The maximum Gasteiger partial charge on any atom is 0.321 e. The van der Waals surface area contributed by atoms with Crippen molar-refractivity contribution in [1.82, 2.24) is 19.9 Å². The number of nitrogens with zero attached hydrogens (tertiary/aromatic N) is 4. The summed E-state index contributed by atoms with van der Waals surface area (Å²) in [6, 6.07) is 15.7. The zero-order valence-electron chi connectivity index (χ0n) is 22.4. The Morgan fingerprint density at radius 3 is 2.48 bits per heavy atom. The van der Waals surface area contributed by atoms with Crippen molar-refractivity contribution in [2.75, 3.05) is 41.7 Å². The van der Waals surface area contributed by atoms with E-state index >= 15 is 0 Å². The molecule has 0 atom stereocenters. The molecule has 0 spiro atoms. The van der Waals surface area contributed by atoms with Crippen LogP contribution in [0.3, 0.4) is 0 Å². The van der Waals surface area contributed by atoms with Crippen LogP contribution in [0, 0.1) is 0 Å². The number of amides is 1. The van der Waals surface area contributed by atoms with Crippen LogP contribution >= 0.6 is 22.6 Å². The molecule has 0 aliphatic carbocycles. The molecule has 1 aliphatic rings. The van der Waals surface area contributed by atoms with E-state index in [1.165, 1.54) is 23.9 Å². The summed E-state index contributed by atoms with van der Waals surface area (Å²) in [5.41, 5.74) is 3.22. The number of halogens is 3. The van der Waals surface area contributed by atoms with E-state index in [0.29, 0.717) is 23.0 Å². The summed E-state index contributed by atoms with van der Waals surface area (Å²) in [6.45, 7) is 8.04. The summed E-state index contributed by atoms with van der Waals surface area (Å²) < 4.78 is 26.6. The molecule has 0 saturated carbocycles. The van der Waals surface area contributed by atoms with Gasteiger partial charge in [0.1, 0.15) is 11.3 Å². The van der Waals surface area contributed by atoms with Gasteiger partial charge in [-0.15, -0.1) is 0 Å². The Bertz CT molecular complexity index is 1480. The normalized spacial score (nSPS) is 14.1. The molecule has 0 radical (unpaired) electrons. The summed E-state index contributed by atoms with van der Waals surface area (Å²) in [7, 11) is 0. The smallest absolute Gasteiger partial charge is 0.321 e. The number of carbonyl (C=O) groups is 1. The van der Waals surface area contributed by atoms with Crippen molar-refractivity contribution in [2.24, 2.45) is 0 Å². The van der Waals surface area contributed by atoms with Crippen molar-refractivity contribution in [3.63, 3.8) is 0 Å². The maximum absolute atomic E-state index is 13.8. The van der Waals surface area contributed by atoms with Crippen LogP contribution in [-0.2, 0) is 3.93 Å². The van der Waals surface area contributed by atoms with E-state index in [2.05, 4.69) is 51.8 Å². The average Bonchev–Trinajstić information content (AvgIpc) is 3.33. The highest BCUT2D eigenvalue weighted by molar-refractivity contribution is 14.1. The number of carbonyl (C=O) groups excluding carboxylic acids is 1. The van der Waals surface area contributed by atoms with Gasteiger partial charge < -0.3 is 25.4 Å². The first kappa shape index (κ1) is 28.2. The first-order valence-electron chi connectivity index (χ1n) is 13.5. The number of fused-ring (bicyclic) bond motifs is 1. The van der Waals surface area contributed by atoms with Crippen LogP contribution in [0.15, 0.2) is 60.8 Å². The number of rotatable bonds is 9. The third-order valence-electron chi connectivity index (χ3n) is 7.17. The third-order valence-corrected chi connectivity index (χ3v) is 7.79. The summed E-state index contributed by atoms with van der Waals surface area (Å²) in [5.74, 6) is 0.0356. The molecule has 3 N–H and O–H groups in total. The lowest BCUT2D eigenvalue weighted by Crippen LogP contribution is -2.43. The Kier molecular flexibility index (Phi) is 8.50. The molecule has 210 valence electrons. The molecule has 0 unspecified atom stereocenters. The largest absolute Gasteiger partial charge is 0.369 e. The molecule has 0 bridgehead atoms. The molecule has 4 aromatic rings. The van der Waals surface area contributed by atoms with Crippen LogP contribution in [0.1, 0.15) is 48.8 Å². The summed E-state index contributed by atoms with van der Waals surface area (Å²) in [6.07, 6.45) is 3.28. The zero-order valence-corrected chi connectivity index (χ0v) is 24.6. The Balaban J connectivity index is 1.43. The summed E-state index contributed by atoms with van der Waals surface area (Å²) >= 11 is 1.08. The van der Waals surface area contributed by atoms with Gasteiger partial charge in [-0.2, -0.15) is 13.8 Å². The summed E-state index contributed by atoms with van der Waals surface area (Å²) in [4.78, 5) is 25.1. The molecule has 1 aliphatic heterocycles. The minimum Gasteiger partial charge on any atom is -0.369 e. The molecule has 2 aromatic heterocycles. The third kappa shape index (κ3) is 6.20. The maximum atomic E-state index is 13.8. The van der Waals surface area contributed by atoms with E-state index in [4.69, 9.17) is 4.98 Å². The lowest BCUT2D eigenvalue weighted by Gasteiger charge is -2.29. The molecule has 2 aromatic carbocycles. The molecule has 1 saturated heterocycles. The van der Waals surface area contributed by atoms with Crippen LogP contribution < -0.4 is 20.9 Å². The molecular weight excluding hydrogens is 627 g/mol. The van der Waals surface area contributed by atoms with Crippen molar-refractivity contribution in [3.8, 4) is 0 Å². The Labute approximate surface area is 245 Å².